The molecule has 0 saturated carbocycles. The lowest BCUT2D eigenvalue weighted by molar-refractivity contribution is 0.0877. The van der Waals surface area contributed by atoms with Gasteiger partial charge in [-0.15, -0.1) is 0 Å². The van der Waals surface area contributed by atoms with Gasteiger partial charge in [-0.3, -0.25) is 9.36 Å². The van der Waals surface area contributed by atoms with Gasteiger partial charge < -0.3 is 0 Å². The van der Waals surface area contributed by atoms with E-state index in [-0.39, 0.29) is 0 Å². The maximum absolute atomic E-state index is 11.6. The summed E-state index contributed by atoms with van der Waals surface area (Å²) in [5, 5.41) is 7.24. The molecule has 12 heavy (non-hydrogen) atoms. The number of carbonyl (C=O) groups excluding carboxylic acids is 1. The van der Waals surface area contributed by atoms with Crippen LogP contribution in [0.4, 0.5) is 4.39 Å². The predicted molar refractivity (Wildman–Crippen MR) is 43.4 cm³/mol. The van der Waals surface area contributed by atoms with Crippen LogP contribution in [0.5, 0.6) is 0 Å². The van der Waals surface area contributed by atoms with Crippen molar-refractivity contribution in [3.63, 3.8) is 0 Å². The minimum Gasteiger partial charge on any atom is -0.274 e. The zero-order valence-corrected chi connectivity index (χ0v) is 7.53. The monoisotopic (exact) mass is 233 g/mol. The zero-order valence-electron chi connectivity index (χ0n) is 5.94. The van der Waals surface area contributed by atoms with Crippen molar-refractivity contribution in [1.82, 2.24) is 9.55 Å². The highest BCUT2D eigenvalue weighted by Crippen LogP contribution is 1.85. The van der Waals surface area contributed by atoms with Crippen molar-refractivity contribution >= 4 is 21.8 Å². The Morgan fingerprint density at radius 1 is 1.83 bits per heavy atom. The third-order valence-electron chi connectivity index (χ3n) is 0.907. The second kappa shape index (κ2) is 6.49. The Balaban J connectivity index is 0.000000354. The highest BCUT2D eigenvalue weighted by molar-refractivity contribution is 9.12. The molecule has 4 nitrogen and oxygen atoms in total. The van der Waals surface area contributed by atoms with E-state index in [1.807, 2.05) is 0 Å². The molecule has 0 bridgehead atoms. The van der Waals surface area contributed by atoms with E-state index in [4.69, 9.17) is 5.26 Å². The van der Waals surface area contributed by atoms with Gasteiger partial charge in [0.15, 0.2) is 6.67 Å². The number of alkyl halides is 1. The van der Waals surface area contributed by atoms with Crippen LogP contribution in [0, 0.1) is 10.2 Å². The van der Waals surface area contributed by atoms with E-state index in [2.05, 4.69) is 20.9 Å². The third kappa shape index (κ3) is 3.83. The number of carbonyl (C=O) groups is 1. The van der Waals surface area contributed by atoms with E-state index in [1.165, 1.54) is 18.7 Å². The van der Waals surface area contributed by atoms with Crippen molar-refractivity contribution in [3.05, 3.63) is 18.7 Å². The Hall–Kier alpha value is -1.22. The van der Waals surface area contributed by atoms with Crippen molar-refractivity contribution in [2.45, 2.75) is 0 Å². The molecule has 1 heterocycles. The Morgan fingerprint density at radius 3 is 2.75 bits per heavy atom. The fourth-order valence-corrected chi connectivity index (χ4v) is 0.476. The van der Waals surface area contributed by atoms with Gasteiger partial charge in [-0.1, -0.05) is 0 Å². The van der Waals surface area contributed by atoms with Gasteiger partial charge >= 0.3 is 0 Å². The molecule has 0 aromatic carbocycles. The normalized spacial score (nSPS) is 7.75. The van der Waals surface area contributed by atoms with E-state index in [9.17, 15) is 9.18 Å². The first kappa shape index (κ1) is 10.8. The van der Waals surface area contributed by atoms with Crippen molar-refractivity contribution in [2.24, 2.45) is 0 Å². The van der Waals surface area contributed by atoms with Crippen LogP contribution in [0.2, 0.25) is 0 Å². The summed E-state index contributed by atoms with van der Waals surface area (Å²) in [5.41, 5.74) is 0. The Labute approximate surface area is 76.8 Å². The molecule has 0 radical (unpaired) electrons. The highest BCUT2D eigenvalue weighted by Gasteiger charge is 1.99. The number of nitrogens with zero attached hydrogens (tertiary/aromatic N) is 3. The minimum absolute atomic E-state index is 0.590. The lowest BCUT2D eigenvalue weighted by Crippen LogP contribution is -2.09. The second-order valence-corrected chi connectivity index (χ2v) is 1.94. The molecule has 0 unspecified atom stereocenters. The number of hydrogen-bond donors (Lipinski definition) is 0. The summed E-state index contributed by atoms with van der Waals surface area (Å²) < 4.78 is 12.6. The summed E-state index contributed by atoms with van der Waals surface area (Å²) in [6.45, 7) is -0.976. The molecule has 0 amide bonds. The van der Waals surface area contributed by atoms with E-state index in [1.54, 1.807) is 4.98 Å². The fourth-order valence-electron chi connectivity index (χ4n) is 0.476. The lowest BCUT2D eigenvalue weighted by atomic mass is 10.6. The Morgan fingerprint density at radius 2 is 2.42 bits per heavy atom. The van der Waals surface area contributed by atoms with Crippen molar-refractivity contribution in [2.75, 3.05) is 6.67 Å². The summed E-state index contributed by atoms with van der Waals surface area (Å²) in [6.07, 6.45) is 4.09. The number of imidazole rings is 1. The van der Waals surface area contributed by atoms with Gasteiger partial charge in [0, 0.05) is 28.3 Å². The Bertz CT molecular complexity index is 267. The molecule has 0 spiro atoms. The van der Waals surface area contributed by atoms with Crippen molar-refractivity contribution in [3.8, 4) is 4.98 Å². The van der Waals surface area contributed by atoms with Crippen LogP contribution < -0.4 is 0 Å². The predicted octanol–water partition coefficient (Wildman–Crippen LogP) is 1.36. The van der Waals surface area contributed by atoms with Crippen LogP contribution >= 0.6 is 15.9 Å². The number of hydrogen-bond acceptors (Lipinski definition) is 3. The maximum Gasteiger partial charge on any atom is 0.263 e. The summed E-state index contributed by atoms with van der Waals surface area (Å²) in [7, 11) is 0. The molecule has 6 heteroatoms. The number of halogens is 2. The van der Waals surface area contributed by atoms with Crippen LogP contribution in [0.1, 0.15) is 4.79 Å². The first-order valence-electron chi connectivity index (χ1n) is 2.83. The van der Waals surface area contributed by atoms with Crippen LogP contribution in [-0.4, -0.2) is 22.1 Å². The third-order valence-corrected chi connectivity index (χ3v) is 0.907. The summed E-state index contributed by atoms with van der Waals surface area (Å²) in [6, 6.07) is 0. The molecule has 0 aliphatic heterocycles. The quantitative estimate of drug-likeness (QED) is 0.736. The van der Waals surface area contributed by atoms with E-state index in [0.717, 1.165) is 4.57 Å². The molecule has 0 aliphatic rings. The van der Waals surface area contributed by atoms with Crippen molar-refractivity contribution < 1.29 is 9.18 Å². The van der Waals surface area contributed by atoms with Gasteiger partial charge in [-0.05, 0) is 0 Å². The first-order chi connectivity index (χ1) is 5.76. The lowest BCUT2D eigenvalue weighted by Gasteiger charge is -1.90. The molecule has 1 aromatic rings. The van der Waals surface area contributed by atoms with E-state index in [0.29, 0.717) is 0 Å². The highest BCUT2D eigenvalue weighted by atomic mass is 79.9. The molecule has 64 valence electrons. The average molecular weight is 234 g/mol. The number of nitriles is 1. The Kier molecular flexibility index (Phi) is 5.83. The van der Waals surface area contributed by atoms with Crippen molar-refractivity contribution in [1.29, 1.82) is 5.26 Å². The topological polar surface area (TPSA) is 58.7 Å². The van der Waals surface area contributed by atoms with Gasteiger partial charge in [0.25, 0.3) is 5.91 Å². The van der Waals surface area contributed by atoms with Crippen LogP contribution in [-0.2, 0) is 0 Å². The molecule has 0 N–H and O–H groups in total. The second-order valence-electron chi connectivity index (χ2n) is 1.58. The molecule has 1 rings (SSSR count). The smallest absolute Gasteiger partial charge is 0.263 e. The first-order valence-corrected chi connectivity index (χ1v) is 3.62. The molecule has 1 aromatic heterocycles. The molecule has 0 fully saturated rings. The van der Waals surface area contributed by atoms with Gasteiger partial charge in [0.2, 0.25) is 0 Å². The van der Waals surface area contributed by atoms with E-state index >= 15 is 0 Å². The number of aromatic nitrogens is 2. The van der Waals surface area contributed by atoms with Gasteiger partial charge in [-0.25, -0.2) is 9.37 Å². The standard InChI is InChI=1S/C5H5FN2O.CBrN/c6-3-5(9)8-2-1-7-4-8;2-1-3/h1-2,4H,3H2;. The SMILES string of the molecule is N#CBr.O=C(CF)n1ccnc1. The van der Waals surface area contributed by atoms with Crippen LogP contribution in [0.25, 0.3) is 0 Å². The molecular weight excluding hydrogens is 229 g/mol. The van der Waals surface area contributed by atoms with Gasteiger partial charge in [0.05, 0.1) is 0 Å². The zero-order chi connectivity index (χ0) is 9.40. The fraction of sp³-hybridized carbons (Fsp3) is 0.167. The molecule has 0 atom stereocenters. The summed E-state index contributed by atoms with van der Waals surface area (Å²) in [4.78, 5) is 15.6. The summed E-state index contributed by atoms with van der Waals surface area (Å²) >= 11 is 2.45. The minimum atomic E-state index is -0.976. The number of rotatable bonds is 1. The van der Waals surface area contributed by atoms with Gasteiger partial charge in [-0.2, -0.15) is 5.26 Å². The molecular formula is C6H5BrFN3O. The average Bonchev–Trinajstić information content (AvgIpc) is 2.56. The summed E-state index contributed by atoms with van der Waals surface area (Å²) in [5.74, 6) is -0.590. The van der Waals surface area contributed by atoms with Crippen LogP contribution in [0.15, 0.2) is 18.7 Å². The molecule has 0 saturated heterocycles. The van der Waals surface area contributed by atoms with Gasteiger partial charge in [0.1, 0.15) is 11.3 Å². The van der Waals surface area contributed by atoms with Crippen LogP contribution in [0.3, 0.4) is 0 Å². The largest absolute Gasteiger partial charge is 0.274 e. The van der Waals surface area contributed by atoms with E-state index < -0.39 is 12.6 Å². The molecule has 0 aliphatic carbocycles. The maximum atomic E-state index is 11.6.